The third kappa shape index (κ3) is 5.85. The number of nitrogens with zero attached hydrogens (tertiary/aromatic N) is 3. The molecule has 1 fully saturated rings. The van der Waals surface area contributed by atoms with Crippen LogP contribution in [0.15, 0.2) is 47.1 Å². The lowest BCUT2D eigenvalue weighted by molar-refractivity contribution is -0.133. The monoisotopic (exact) mass is 460 g/mol. The van der Waals surface area contributed by atoms with Gasteiger partial charge in [-0.1, -0.05) is 25.5 Å². The third-order valence-electron chi connectivity index (χ3n) is 5.20. The Morgan fingerprint density at radius 3 is 2.59 bits per heavy atom. The smallest absolute Gasteiger partial charge is 0.322 e. The van der Waals surface area contributed by atoms with Gasteiger partial charge >= 0.3 is 6.03 Å². The summed E-state index contributed by atoms with van der Waals surface area (Å²) in [5.41, 5.74) is 1.80. The van der Waals surface area contributed by atoms with Gasteiger partial charge in [-0.3, -0.25) is 4.79 Å². The fraction of sp³-hybridized carbons (Fsp3) is 0.455. The molecule has 0 spiro atoms. The number of aromatic nitrogens is 1. The summed E-state index contributed by atoms with van der Waals surface area (Å²) in [6, 6.07) is 11.6. The van der Waals surface area contributed by atoms with Gasteiger partial charge in [0.2, 0.25) is 5.91 Å². The number of urea groups is 1. The topological polar surface area (TPSA) is 57.6 Å². The van der Waals surface area contributed by atoms with Gasteiger partial charge in [0.1, 0.15) is 6.54 Å². The van der Waals surface area contributed by atoms with Crippen molar-refractivity contribution in [2.24, 2.45) is 7.05 Å². The number of halogens is 1. The zero-order chi connectivity index (χ0) is 20.8. The lowest BCUT2D eigenvalue weighted by atomic mass is 10.3. The predicted molar refractivity (Wildman–Crippen MR) is 119 cm³/mol. The second-order valence-electron chi connectivity index (χ2n) is 7.55. The maximum Gasteiger partial charge on any atom is 0.322 e. The molecule has 1 saturated carbocycles. The summed E-state index contributed by atoms with van der Waals surface area (Å²) >= 11 is 3.46. The largest absolute Gasteiger partial charge is 0.353 e. The molecule has 0 unspecified atom stereocenters. The summed E-state index contributed by atoms with van der Waals surface area (Å²) in [6.45, 7) is 3.32. The number of anilines is 1. The summed E-state index contributed by atoms with van der Waals surface area (Å²) in [5, 5.41) is 2.93. The lowest BCUT2D eigenvalue weighted by Gasteiger charge is -2.28. The van der Waals surface area contributed by atoms with Crippen molar-refractivity contribution in [1.82, 2.24) is 14.4 Å². The number of unbranched alkanes of at least 4 members (excludes halogenated alkanes) is 1. The molecule has 29 heavy (non-hydrogen) atoms. The molecule has 2 aromatic rings. The Hall–Kier alpha value is -2.28. The summed E-state index contributed by atoms with van der Waals surface area (Å²) in [6.07, 6.45) is 5.88. The SMILES string of the molecule is CCCCN(CC(=O)N(Cc1cccn1C)C1CC1)C(=O)Nc1ccccc1Br. The van der Waals surface area contributed by atoms with E-state index in [2.05, 4.69) is 28.2 Å². The summed E-state index contributed by atoms with van der Waals surface area (Å²) in [5.74, 6) is 0.00656. The minimum absolute atomic E-state index is 0.00656. The van der Waals surface area contributed by atoms with E-state index in [1.165, 1.54) is 0 Å². The molecule has 1 N–H and O–H groups in total. The molecule has 1 aromatic carbocycles. The summed E-state index contributed by atoms with van der Waals surface area (Å²) < 4.78 is 2.86. The number of benzene rings is 1. The number of rotatable bonds is 9. The van der Waals surface area contributed by atoms with Gasteiger partial charge in [0, 0.05) is 36.0 Å². The van der Waals surface area contributed by atoms with Gasteiger partial charge in [0.25, 0.3) is 0 Å². The number of nitrogens with one attached hydrogen (secondary N) is 1. The second-order valence-corrected chi connectivity index (χ2v) is 8.40. The highest BCUT2D eigenvalue weighted by molar-refractivity contribution is 9.10. The minimum Gasteiger partial charge on any atom is -0.353 e. The van der Waals surface area contributed by atoms with Crippen LogP contribution in [-0.2, 0) is 18.4 Å². The van der Waals surface area contributed by atoms with Crippen molar-refractivity contribution >= 4 is 33.6 Å². The zero-order valence-electron chi connectivity index (χ0n) is 17.1. The molecule has 6 nitrogen and oxygen atoms in total. The number of hydrogen-bond donors (Lipinski definition) is 1. The first-order valence-corrected chi connectivity index (χ1v) is 11.0. The molecular weight excluding hydrogens is 432 g/mol. The van der Waals surface area contributed by atoms with Crippen LogP contribution in [0.5, 0.6) is 0 Å². The van der Waals surface area contributed by atoms with E-state index < -0.39 is 0 Å². The van der Waals surface area contributed by atoms with Crippen molar-refractivity contribution in [2.45, 2.75) is 45.2 Å². The van der Waals surface area contributed by atoms with Crippen LogP contribution in [0.2, 0.25) is 0 Å². The Morgan fingerprint density at radius 2 is 1.97 bits per heavy atom. The first-order valence-electron chi connectivity index (χ1n) is 10.2. The molecule has 0 atom stereocenters. The predicted octanol–water partition coefficient (Wildman–Crippen LogP) is 4.61. The van der Waals surface area contributed by atoms with Gasteiger partial charge in [0.05, 0.1) is 12.2 Å². The molecule has 1 aromatic heterocycles. The van der Waals surface area contributed by atoms with Crippen molar-refractivity contribution in [3.63, 3.8) is 0 Å². The second kappa shape index (κ2) is 9.96. The van der Waals surface area contributed by atoms with E-state index >= 15 is 0 Å². The van der Waals surface area contributed by atoms with Crippen LogP contribution in [0.3, 0.4) is 0 Å². The van der Waals surface area contributed by atoms with Crippen LogP contribution in [-0.4, -0.2) is 45.4 Å². The standard InChI is InChI=1S/C22H29BrN4O2/c1-3-4-14-26(22(29)24-20-10-6-5-9-19(20)23)16-21(28)27(17-11-12-17)15-18-8-7-13-25(18)2/h5-10,13,17H,3-4,11-12,14-16H2,1-2H3,(H,24,29). The zero-order valence-corrected chi connectivity index (χ0v) is 18.7. The van der Waals surface area contributed by atoms with E-state index in [-0.39, 0.29) is 24.5 Å². The van der Waals surface area contributed by atoms with Crippen LogP contribution >= 0.6 is 15.9 Å². The molecule has 7 heteroatoms. The molecule has 0 aliphatic heterocycles. The van der Waals surface area contributed by atoms with Crippen molar-refractivity contribution in [2.75, 3.05) is 18.4 Å². The highest BCUT2D eigenvalue weighted by atomic mass is 79.9. The molecule has 1 aliphatic carbocycles. The van der Waals surface area contributed by atoms with Gasteiger partial charge in [-0.2, -0.15) is 0 Å². The fourth-order valence-electron chi connectivity index (χ4n) is 3.25. The maximum atomic E-state index is 13.1. The average molecular weight is 461 g/mol. The highest BCUT2D eigenvalue weighted by Crippen LogP contribution is 2.29. The quantitative estimate of drug-likeness (QED) is 0.593. The first-order chi connectivity index (χ1) is 14.0. The molecule has 3 rings (SSSR count). The molecule has 3 amide bonds. The molecule has 0 radical (unpaired) electrons. The normalized spacial score (nSPS) is 13.2. The fourth-order valence-corrected chi connectivity index (χ4v) is 3.64. The Kier molecular flexibility index (Phi) is 7.36. The third-order valence-corrected chi connectivity index (χ3v) is 5.89. The Bertz CT molecular complexity index is 847. The number of carbonyl (C=O) groups is 2. The van der Waals surface area contributed by atoms with Gasteiger partial charge in [-0.25, -0.2) is 4.79 Å². The van der Waals surface area contributed by atoms with E-state index in [1.807, 2.05) is 59.1 Å². The van der Waals surface area contributed by atoms with Crippen molar-refractivity contribution in [3.05, 3.63) is 52.8 Å². The minimum atomic E-state index is -0.242. The Labute approximate surface area is 181 Å². The van der Waals surface area contributed by atoms with Crippen LogP contribution in [0.1, 0.15) is 38.3 Å². The van der Waals surface area contributed by atoms with Gasteiger partial charge < -0.3 is 19.7 Å². The molecule has 156 valence electrons. The van der Waals surface area contributed by atoms with E-state index in [0.717, 1.165) is 35.8 Å². The van der Waals surface area contributed by atoms with Crippen LogP contribution in [0.25, 0.3) is 0 Å². The van der Waals surface area contributed by atoms with Crippen LogP contribution in [0.4, 0.5) is 10.5 Å². The Morgan fingerprint density at radius 1 is 1.21 bits per heavy atom. The van der Waals surface area contributed by atoms with Gasteiger partial charge in [0.15, 0.2) is 0 Å². The maximum absolute atomic E-state index is 13.1. The van der Waals surface area contributed by atoms with Gasteiger partial charge in [-0.15, -0.1) is 0 Å². The van der Waals surface area contributed by atoms with E-state index in [1.54, 1.807) is 4.90 Å². The number of hydrogen-bond acceptors (Lipinski definition) is 2. The van der Waals surface area contributed by atoms with Crippen LogP contribution < -0.4 is 5.32 Å². The lowest BCUT2D eigenvalue weighted by Crippen LogP contribution is -2.45. The highest BCUT2D eigenvalue weighted by Gasteiger charge is 2.34. The Balaban J connectivity index is 1.69. The van der Waals surface area contributed by atoms with E-state index in [9.17, 15) is 9.59 Å². The average Bonchev–Trinajstić information content (AvgIpc) is 3.46. The first kappa shape index (κ1) is 21.4. The molecule has 1 aliphatic rings. The summed E-state index contributed by atoms with van der Waals surface area (Å²) in [7, 11) is 1.99. The van der Waals surface area contributed by atoms with Crippen molar-refractivity contribution < 1.29 is 9.59 Å². The molecular formula is C22H29BrN4O2. The number of amides is 3. The molecule has 1 heterocycles. The number of para-hydroxylation sites is 1. The molecule has 0 bridgehead atoms. The van der Waals surface area contributed by atoms with E-state index in [4.69, 9.17) is 0 Å². The van der Waals surface area contributed by atoms with Crippen molar-refractivity contribution in [3.8, 4) is 0 Å². The number of aryl methyl sites for hydroxylation is 1. The van der Waals surface area contributed by atoms with Gasteiger partial charge in [-0.05, 0) is 59.5 Å². The summed E-state index contributed by atoms with van der Waals surface area (Å²) in [4.78, 5) is 29.6. The van der Waals surface area contributed by atoms with Crippen molar-refractivity contribution in [1.29, 1.82) is 0 Å². The van der Waals surface area contributed by atoms with Crippen LogP contribution in [0, 0.1) is 0 Å². The molecule has 0 saturated heterocycles. The number of carbonyl (C=O) groups excluding carboxylic acids is 2. The van der Waals surface area contributed by atoms with E-state index in [0.29, 0.717) is 18.8 Å².